The summed E-state index contributed by atoms with van der Waals surface area (Å²) in [6, 6.07) is 7.87. The van der Waals surface area contributed by atoms with Gasteiger partial charge in [0, 0.05) is 24.8 Å². The molecule has 68 valence electrons. The van der Waals surface area contributed by atoms with Crippen LogP contribution in [0.15, 0.2) is 49.1 Å². The molecule has 0 unspecified atom stereocenters. The normalized spacial score (nSPS) is 10.6. The molecule has 2 heterocycles. The lowest BCUT2D eigenvalue weighted by atomic mass is 10.2. The number of rotatable bonds is 2. The summed E-state index contributed by atoms with van der Waals surface area (Å²) in [6.45, 7) is 0. The number of hydrogen-bond donors (Lipinski definition) is 0. The van der Waals surface area contributed by atoms with Gasteiger partial charge < -0.3 is 0 Å². The van der Waals surface area contributed by atoms with Crippen molar-refractivity contribution in [2.24, 2.45) is 0 Å². The Morgan fingerprint density at radius 1 is 0.786 bits per heavy atom. The summed E-state index contributed by atoms with van der Waals surface area (Å²) in [4.78, 5) is 7.99. The standard InChI is InChI=1S/C12H10N2/c1-2-12(10-14-7-1)4-3-11-5-8-13-9-6-11/h1-10H. The number of hydrogen-bond acceptors (Lipinski definition) is 2. The molecule has 2 aromatic heterocycles. The van der Waals surface area contributed by atoms with Crippen molar-refractivity contribution in [1.29, 1.82) is 0 Å². The van der Waals surface area contributed by atoms with E-state index in [0.717, 1.165) is 11.1 Å². The number of pyridine rings is 2. The molecule has 2 aromatic rings. The van der Waals surface area contributed by atoms with Crippen LogP contribution in [-0.4, -0.2) is 9.97 Å². The number of aromatic nitrogens is 2. The Hall–Kier alpha value is -1.96. The highest BCUT2D eigenvalue weighted by molar-refractivity contribution is 5.68. The highest BCUT2D eigenvalue weighted by Gasteiger charge is 1.85. The predicted molar refractivity (Wildman–Crippen MR) is 57.4 cm³/mol. The van der Waals surface area contributed by atoms with Crippen molar-refractivity contribution in [2.75, 3.05) is 0 Å². The van der Waals surface area contributed by atoms with Crippen LogP contribution < -0.4 is 0 Å². The van der Waals surface area contributed by atoms with Crippen molar-refractivity contribution in [1.82, 2.24) is 9.97 Å². The fourth-order valence-electron chi connectivity index (χ4n) is 1.14. The Kier molecular flexibility index (Phi) is 2.67. The molecule has 0 aromatic carbocycles. The lowest BCUT2D eigenvalue weighted by Gasteiger charge is -1.91. The fraction of sp³-hybridized carbons (Fsp3) is 0. The molecule has 0 aliphatic carbocycles. The molecule has 2 heteroatoms. The van der Waals surface area contributed by atoms with E-state index >= 15 is 0 Å². The van der Waals surface area contributed by atoms with E-state index in [2.05, 4.69) is 9.97 Å². The van der Waals surface area contributed by atoms with Crippen LogP contribution in [0.1, 0.15) is 11.1 Å². The average molecular weight is 182 g/mol. The first-order valence-corrected chi connectivity index (χ1v) is 4.43. The van der Waals surface area contributed by atoms with Crippen LogP contribution in [0.2, 0.25) is 0 Å². The van der Waals surface area contributed by atoms with Crippen LogP contribution in [0.25, 0.3) is 12.2 Å². The first kappa shape index (κ1) is 8.63. The predicted octanol–water partition coefficient (Wildman–Crippen LogP) is 2.65. The topological polar surface area (TPSA) is 25.8 Å². The van der Waals surface area contributed by atoms with Gasteiger partial charge >= 0.3 is 0 Å². The largest absolute Gasteiger partial charge is 0.265 e. The van der Waals surface area contributed by atoms with Gasteiger partial charge in [-0.25, -0.2) is 0 Å². The first-order chi connectivity index (χ1) is 6.95. The molecule has 0 aliphatic heterocycles. The summed E-state index contributed by atoms with van der Waals surface area (Å²) in [5.74, 6) is 0. The van der Waals surface area contributed by atoms with E-state index in [1.807, 2.05) is 42.6 Å². The Labute approximate surface area is 83.0 Å². The smallest absolute Gasteiger partial charge is 0.0340 e. The second-order valence-corrected chi connectivity index (χ2v) is 2.90. The zero-order valence-corrected chi connectivity index (χ0v) is 7.67. The van der Waals surface area contributed by atoms with E-state index in [-0.39, 0.29) is 0 Å². The summed E-state index contributed by atoms with van der Waals surface area (Å²) in [7, 11) is 0. The minimum atomic E-state index is 1.10. The Morgan fingerprint density at radius 2 is 1.57 bits per heavy atom. The summed E-state index contributed by atoms with van der Waals surface area (Å²) >= 11 is 0. The summed E-state index contributed by atoms with van der Waals surface area (Å²) in [5, 5.41) is 0. The van der Waals surface area contributed by atoms with E-state index in [1.54, 1.807) is 18.6 Å². The zero-order valence-electron chi connectivity index (χ0n) is 7.67. The minimum absolute atomic E-state index is 1.10. The zero-order chi connectivity index (χ0) is 9.64. The van der Waals surface area contributed by atoms with Gasteiger partial charge in [0.25, 0.3) is 0 Å². The third-order valence-electron chi connectivity index (χ3n) is 1.86. The Morgan fingerprint density at radius 3 is 2.29 bits per heavy atom. The maximum atomic E-state index is 4.03. The molecule has 0 N–H and O–H groups in total. The maximum absolute atomic E-state index is 4.03. The SMILES string of the molecule is C(=Cc1cccnc1)c1ccncc1. The molecule has 0 saturated heterocycles. The van der Waals surface area contributed by atoms with Crippen LogP contribution in [-0.2, 0) is 0 Å². The molecule has 0 amide bonds. The van der Waals surface area contributed by atoms with Crippen LogP contribution in [0, 0.1) is 0 Å². The van der Waals surface area contributed by atoms with Gasteiger partial charge in [-0.3, -0.25) is 9.97 Å². The van der Waals surface area contributed by atoms with Gasteiger partial charge in [0.1, 0.15) is 0 Å². The summed E-state index contributed by atoms with van der Waals surface area (Å²) < 4.78 is 0. The average Bonchev–Trinajstić information content (AvgIpc) is 2.29. The highest BCUT2D eigenvalue weighted by atomic mass is 14.6. The molecule has 2 rings (SSSR count). The van der Waals surface area contributed by atoms with Crippen molar-refractivity contribution >= 4 is 12.2 Å². The molecule has 0 fully saturated rings. The molecule has 14 heavy (non-hydrogen) atoms. The van der Waals surface area contributed by atoms with E-state index in [1.165, 1.54) is 0 Å². The molecule has 0 radical (unpaired) electrons. The third-order valence-corrected chi connectivity index (χ3v) is 1.86. The van der Waals surface area contributed by atoms with Crippen LogP contribution >= 0.6 is 0 Å². The summed E-state index contributed by atoms with van der Waals surface area (Å²) in [5.41, 5.74) is 2.24. The lowest BCUT2D eigenvalue weighted by molar-refractivity contribution is 1.32. The molecule has 0 saturated carbocycles. The molecular formula is C12H10N2. The van der Waals surface area contributed by atoms with Crippen LogP contribution in [0.5, 0.6) is 0 Å². The number of nitrogens with zero attached hydrogens (tertiary/aromatic N) is 2. The van der Waals surface area contributed by atoms with Gasteiger partial charge in [-0.1, -0.05) is 18.2 Å². The Bertz CT molecular complexity index is 365. The van der Waals surface area contributed by atoms with Crippen molar-refractivity contribution in [3.8, 4) is 0 Å². The van der Waals surface area contributed by atoms with E-state index < -0.39 is 0 Å². The van der Waals surface area contributed by atoms with Crippen molar-refractivity contribution < 1.29 is 0 Å². The first-order valence-electron chi connectivity index (χ1n) is 4.43. The quantitative estimate of drug-likeness (QED) is 0.713. The highest BCUT2D eigenvalue weighted by Crippen LogP contribution is 2.05. The minimum Gasteiger partial charge on any atom is -0.265 e. The second kappa shape index (κ2) is 4.33. The third kappa shape index (κ3) is 2.26. The van der Waals surface area contributed by atoms with Gasteiger partial charge in [0.05, 0.1) is 0 Å². The maximum Gasteiger partial charge on any atom is 0.0340 e. The van der Waals surface area contributed by atoms with E-state index in [9.17, 15) is 0 Å². The Balaban J connectivity index is 2.16. The van der Waals surface area contributed by atoms with Gasteiger partial charge in [0.2, 0.25) is 0 Å². The molecule has 0 atom stereocenters. The van der Waals surface area contributed by atoms with Crippen molar-refractivity contribution in [3.05, 3.63) is 60.2 Å². The van der Waals surface area contributed by atoms with E-state index in [4.69, 9.17) is 0 Å². The fourth-order valence-corrected chi connectivity index (χ4v) is 1.14. The molecule has 0 spiro atoms. The van der Waals surface area contributed by atoms with Crippen molar-refractivity contribution in [3.63, 3.8) is 0 Å². The van der Waals surface area contributed by atoms with Gasteiger partial charge in [-0.15, -0.1) is 0 Å². The molecule has 2 nitrogen and oxygen atoms in total. The monoisotopic (exact) mass is 182 g/mol. The van der Waals surface area contributed by atoms with Gasteiger partial charge in [-0.2, -0.15) is 0 Å². The van der Waals surface area contributed by atoms with Crippen LogP contribution in [0.3, 0.4) is 0 Å². The lowest BCUT2D eigenvalue weighted by Crippen LogP contribution is -1.75. The second-order valence-electron chi connectivity index (χ2n) is 2.90. The molecule has 0 bridgehead atoms. The molecule has 0 aliphatic rings. The van der Waals surface area contributed by atoms with E-state index in [0.29, 0.717) is 0 Å². The van der Waals surface area contributed by atoms with Gasteiger partial charge in [-0.05, 0) is 29.3 Å². The summed E-state index contributed by atoms with van der Waals surface area (Å²) in [6.07, 6.45) is 11.2. The van der Waals surface area contributed by atoms with Crippen molar-refractivity contribution in [2.45, 2.75) is 0 Å². The molecular weight excluding hydrogens is 172 g/mol. The van der Waals surface area contributed by atoms with Gasteiger partial charge in [0.15, 0.2) is 0 Å². The van der Waals surface area contributed by atoms with Crippen LogP contribution in [0.4, 0.5) is 0 Å².